The van der Waals surface area contributed by atoms with Crippen LogP contribution in [0, 0.1) is 13.8 Å². The van der Waals surface area contributed by atoms with Crippen molar-refractivity contribution in [1.29, 1.82) is 0 Å². The first-order chi connectivity index (χ1) is 8.50. The number of hydrogen-bond donors (Lipinski definition) is 2. The monoisotopic (exact) mass is 247 g/mol. The van der Waals surface area contributed by atoms with Gasteiger partial charge >= 0.3 is 5.97 Å². The first kappa shape index (κ1) is 12.2. The van der Waals surface area contributed by atoms with E-state index in [4.69, 9.17) is 5.11 Å². The second-order valence-corrected chi connectivity index (χ2v) is 4.03. The number of nitrogens with one attached hydrogen (secondary N) is 1. The minimum atomic E-state index is -0.891. The van der Waals surface area contributed by atoms with Gasteiger partial charge < -0.3 is 5.11 Å². The van der Waals surface area contributed by atoms with Gasteiger partial charge in [0.2, 0.25) is 0 Å². The molecule has 0 saturated carbocycles. The number of carboxylic acids is 1. The molecule has 2 heterocycles. The van der Waals surface area contributed by atoms with Crippen molar-refractivity contribution < 1.29 is 9.90 Å². The van der Waals surface area contributed by atoms with E-state index in [1.165, 1.54) is 6.33 Å². The highest BCUT2D eigenvalue weighted by molar-refractivity contribution is 5.76. The number of carbonyl (C=O) groups is 1. The molecule has 0 bridgehead atoms. The average molecular weight is 247 g/mol. The predicted molar refractivity (Wildman–Crippen MR) is 62.9 cm³/mol. The maximum atomic E-state index is 11.0. The van der Waals surface area contributed by atoms with Crippen LogP contribution in [-0.4, -0.2) is 36.2 Å². The molecular formula is C11H13N5O2. The van der Waals surface area contributed by atoms with Gasteiger partial charge in [-0.3, -0.25) is 9.89 Å². The molecule has 0 radical (unpaired) electrons. The topological polar surface area (TPSA) is 105 Å². The van der Waals surface area contributed by atoms with Gasteiger partial charge in [0, 0.05) is 17.0 Å². The Balaban J connectivity index is 2.51. The first-order valence-electron chi connectivity index (χ1n) is 5.44. The Labute approximate surface area is 103 Å². The van der Waals surface area contributed by atoms with Crippen LogP contribution in [-0.2, 0) is 4.79 Å². The van der Waals surface area contributed by atoms with Crippen LogP contribution in [0.2, 0.25) is 0 Å². The van der Waals surface area contributed by atoms with Crippen LogP contribution in [0.3, 0.4) is 0 Å². The quantitative estimate of drug-likeness (QED) is 0.840. The first-order valence-corrected chi connectivity index (χ1v) is 5.44. The van der Waals surface area contributed by atoms with E-state index in [0.717, 1.165) is 0 Å². The van der Waals surface area contributed by atoms with Crippen LogP contribution in [0.4, 0.5) is 0 Å². The zero-order valence-corrected chi connectivity index (χ0v) is 10.3. The highest BCUT2D eigenvalue weighted by atomic mass is 16.4. The number of nitrogens with zero attached hydrogens (tertiary/aromatic N) is 4. The van der Waals surface area contributed by atoms with Crippen molar-refractivity contribution in [1.82, 2.24) is 25.1 Å². The molecule has 0 saturated heterocycles. The number of aliphatic carboxylic acids is 1. The Hall–Kier alpha value is -2.31. The normalized spacial score (nSPS) is 12.4. The van der Waals surface area contributed by atoms with Crippen molar-refractivity contribution in [3.63, 3.8) is 0 Å². The van der Waals surface area contributed by atoms with Gasteiger partial charge in [-0.05, 0) is 20.8 Å². The summed E-state index contributed by atoms with van der Waals surface area (Å²) in [6, 6.07) is 0. The van der Waals surface area contributed by atoms with Crippen LogP contribution < -0.4 is 0 Å². The summed E-state index contributed by atoms with van der Waals surface area (Å²) in [5.74, 6) is -0.634. The number of aromatic nitrogens is 5. The lowest BCUT2D eigenvalue weighted by Gasteiger charge is -2.13. The summed E-state index contributed by atoms with van der Waals surface area (Å²) in [7, 11) is 0. The fourth-order valence-corrected chi connectivity index (χ4v) is 1.89. The zero-order valence-electron chi connectivity index (χ0n) is 10.3. The van der Waals surface area contributed by atoms with Crippen LogP contribution in [0.15, 0.2) is 6.33 Å². The molecule has 2 aromatic rings. The fourth-order valence-electron chi connectivity index (χ4n) is 1.89. The van der Waals surface area contributed by atoms with E-state index in [2.05, 4.69) is 25.1 Å². The molecule has 0 aliphatic rings. The van der Waals surface area contributed by atoms with Gasteiger partial charge in [-0.15, -0.1) is 0 Å². The van der Waals surface area contributed by atoms with Crippen LogP contribution in [0.25, 0.3) is 11.6 Å². The largest absolute Gasteiger partial charge is 0.481 e. The minimum absolute atomic E-state index is 0.420. The molecule has 7 nitrogen and oxygen atoms in total. The summed E-state index contributed by atoms with van der Waals surface area (Å²) >= 11 is 0. The van der Waals surface area contributed by atoms with Crippen LogP contribution in [0.5, 0.6) is 0 Å². The highest BCUT2D eigenvalue weighted by Gasteiger charge is 2.21. The van der Waals surface area contributed by atoms with Gasteiger partial charge in [-0.2, -0.15) is 5.10 Å². The Bertz CT molecular complexity index is 556. The highest BCUT2D eigenvalue weighted by Crippen LogP contribution is 2.23. The zero-order chi connectivity index (χ0) is 13.3. The molecule has 18 heavy (non-hydrogen) atoms. The van der Waals surface area contributed by atoms with E-state index >= 15 is 0 Å². The average Bonchev–Trinajstić information content (AvgIpc) is 2.80. The number of aryl methyl sites for hydroxylation is 2. The third-order valence-corrected chi connectivity index (χ3v) is 2.76. The van der Waals surface area contributed by atoms with Gasteiger partial charge in [0.25, 0.3) is 0 Å². The van der Waals surface area contributed by atoms with Gasteiger partial charge in [0.05, 0.1) is 5.92 Å². The lowest BCUT2D eigenvalue weighted by atomic mass is 9.98. The van der Waals surface area contributed by atoms with Crippen molar-refractivity contribution in [2.24, 2.45) is 0 Å². The molecule has 2 aromatic heterocycles. The molecule has 0 spiro atoms. The molecule has 0 aliphatic heterocycles. The number of aromatic amines is 1. The van der Waals surface area contributed by atoms with Crippen molar-refractivity contribution in [3.05, 3.63) is 23.3 Å². The van der Waals surface area contributed by atoms with E-state index < -0.39 is 11.9 Å². The molecule has 1 unspecified atom stereocenters. The molecule has 0 aliphatic carbocycles. The van der Waals surface area contributed by atoms with E-state index in [1.54, 1.807) is 20.8 Å². The second-order valence-electron chi connectivity index (χ2n) is 4.03. The van der Waals surface area contributed by atoms with Gasteiger partial charge in [-0.25, -0.2) is 15.0 Å². The van der Waals surface area contributed by atoms with Crippen molar-refractivity contribution in [2.75, 3.05) is 0 Å². The van der Waals surface area contributed by atoms with E-state index in [1.807, 2.05) is 0 Å². The molecule has 2 N–H and O–H groups in total. The van der Waals surface area contributed by atoms with Crippen molar-refractivity contribution in [3.8, 4) is 11.6 Å². The third kappa shape index (κ3) is 2.06. The van der Waals surface area contributed by atoms with Gasteiger partial charge in [-0.1, -0.05) is 0 Å². The molecule has 2 rings (SSSR count). The number of rotatable bonds is 3. The summed E-state index contributed by atoms with van der Waals surface area (Å²) in [6.45, 7) is 5.15. The van der Waals surface area contributed by atoms with E-state index in [-0.39, 0.29) is 0 Å². The lowest BCUT2D eigenvalue weighted by Crippen LogP contribution is -2.13. The summed E-state index contributed by atoms with van der Waals surface area (Å²) in [6.07, 6.45) is 1.37. The second kappa shape index (κ2) is 4.52. The number of hydrogen-bond acceptors (Lipinski definition) is 5. The summed E-state index contributed by atoms with van der Waals surface area (Å²) in [5.41, 5.74) is 1.93. The summed E-state index contributed by atoms with van der Waals surface area (Å²) < 4.78 is 0. The standard InChI is InChI=1S/C11H13N5O2/c1-5(11(17)18)8-6(2)14-10(15-7(8)3)9-12-4-13-16-9/h4-5H,1-3H3,(H,17,18)(H,12,13,16). The SMILES string of the molecule is Cc1nc(-c2ncn[nH]2)nc(C)c1C(C)C(=O)O. The van der Waals surface area contributed by atoms with Crippen molar-refractivity contribution in [2.45, 2.75) is 26.7 Å². The molecule has 94 valence electrons. The lowest BCUT2D eigenvalue weighted by molar-refractivity contribution is -0.138. The maximum Gasteiger partial charge on any atom is 0.310 e. The molecule has 0 fully saturated rings. The Kier molecular flexibility index (Phi) is 3.05. The van der Waals surface area contributed by atoms with Crippen molar-refractivity contribution >= 4 is 5.97 Å². The summed E-state index contributed by atoms with van der Waals surface area (Å²) in [5, 5.41) is 15.5. The summed E-state index contributed by atoms with van der Waals surface area (Å²) in [4.78, 5) is 23.5. The number of carboxylic acid groups (broad SMARTS) is 1. The molecule has 7 heteroatoms. The van der Waals surface area contributed by atoms with Gasteiger partial charge in [0.1, 0.15) is 6.33 Å². The fraction of sp³-hybridized carbons (Fsp3) is 0.364. The maximum absolute atomic E-state index is 11.0. The molecule has 1 atom stereocenters. The Morgan fingerprint density at radius 3 is 2.39 bits per heavy atom. The van der Waals surface area contributed by atoms with Crippen LogP contribution >= 0.6 is 0 Å². The molecular weight excluding hydrogens is 234 g/mol. The number of H-pyrrole nitrogens is 1. The predicted octanol–water partition coefficient (Wildman–Crippen LogP) is 1.07. The van der Waals surface area contributed by atoms with E-state index in [0.29, 0.717) is 28.6 Å². The third-order valence-electron chi connectivity index (χ3n) is 2.76. The molecule has 0 amide bonds. The smallest absolute Gasteiger partial charge is 0.310 e. The van der Waals surface area contributed by atoms with E-state index in [9.17, 15) is 4.79 Å². The molecule has 0 aromatic carbocycles. The van der Waals surface area contributed by atoms with Gasteiger partial charge in [0.15, 0.2) is 11.6 Å². The minimum Gasteiger partial charge on any atom is -0.481 e. The Morgan fingerprint density at radius 2 is 1.94 bits per heavy atom. The Morgan fingerprint density at radius 1 is 1.33 bits per heavy atom. The van der Waals surface area contributed by atoms with Crippen LogP contribution in [0.1, 0.15) is 29.8 Å².